The molecule has 8 heteroatoms. The molecule has 30 heavy (non-hydrogen) atoms. The number of rotatable bonds is 4. The normalized spacial score (nSPS) is 20.3. The van der Waals surface area contributed by atoms with Crippen LogP contribution < -0.4 is 14.8 Å². The van der Waals surface area contributed by atoms with Crippen molar-refractivity contribution < 1.29 is 14.3 Å². The summed E-state index contributed by atoms with van der Waals surface area (Å²) in [6, 6.07) is 9.33. The van der Waals surface area contributed by atoms with Gasteiger partial charge in [0.25, 0.3) is 0 Å². The summed E-state index contributed by atoms with van der Waals surface area (Å²) in [6.45, 7) is 0. The minimum Gasteiger partial charge on any atom is -0.493 e. The van der Waals surface area contributed by atoms with E-state index in [0.717, 1.165) is 22.4 Å². The zero-order valence-electron chi connectivity index (χ0n) is 16.7. The van der Waals surface area contributed by atoms with Gasteiger partial charge in [-0.05, 0) is 41.7 Å². The molecule has 0 saturated carbocycles. The molecule has 0 unspecified atom stereocenters. The van der Waals surface area contributed by atoms with Crippen LogP contribution in [-0.4, -0.2) is 39.8 Å². The summed E-state index contributed by atoms with van der Waals surface area (Å²) >= 11 is 0. The summed E-state index contributed by atoms with van der Waals surface area (Å²) < 4.78 is 12.5. The number of ether oxygens (including phenoxy) is 2. The second-order valence-electron chi connectivity index (χ2n) is 7.38. The van der Waals surface area contributed by atoms with Crippen molar-refractivity contribution in [1.82, 2.24) is 19.7 Å². The molecular formula is C22H21N5O3. The van der Waals surface area contributed by atoms with Gasteiger partial charge in [-0.25, -0.2) is 4.68 Å². The maximum Gasteiger partial charge on any atom is 0.226 e. The molecule has 0 bridgehead atoms. The number of ketones is 1. The van der Waals surface area contributed by atoms with Crippen LogP contribution in [0.15, 0.2) is 60.3 Å². The number of fused-ring (bicyclic) bond motifs is 1. The molecule has 0 radical (unpaired) electrons. The zero-order valence-corrected chi connectivity index (χ0v) is 16.7. The van der Waals surface area contributed by atoms with Crippen molar-refractivity contribution in [3.05, 3.63) is 71.4 Å². The zero-order chi connectivity index (χ0) is 20.7. The Morgan fingerprint density at radius 3 is 2.73 bits per heavy atom. The minimum atomic E-state index is -0.327. The third-order valence-corrected chi connectivity index (χ3v) is 5.74. The first-order chi connectivity index (χ1) is 14.7. The average Bonchev–Trinajstić information content (AvgIpc) is 3.25. The van der Waals surface area contributed by atoms with Crippen molar-refractivity contribution in [1.29, 1.82) is 0 Å². The number of nitrogens with one attached hydrogen (secondary N) is 1. The van der Waals surface area contributed by atoms with Crippen LogP contribution in [-0.2, 0) is 4.79 Å². The number of nitrogens with zero attached hydrogens (tertiary/aromatic N) is 4. The van der Waals surface area contributed by atoms with E-state index < -0.39 is 0 Å². The van der Waals surface area contributed by atoms with Crippen molar-refractivity contribution in [2.75, 3.05) is 19.5 Å². The monoisotopic (exact) mass is 403 g/mol. The third kappa shape index (κ3) is 2.92. The Hall–Kier alpha value is -3.68. The first-order valence-corrected chi connectivity index (χ1v) is 9.74. The number of aromatic nitrogens is 4. The Morgan fingerprint density at radius 1 is 1.10 bits per heavy atom. The van der Waals surface area contributed by atoms with E-state index in [2.05, 4.69) is 20.4 Å². The molecule has 1 aliphatic heterocycles. The fourth-order valence-electron chi connectivity index (χ4n) is 4.34. The number of carbonyl (C=O) groups excluding carboxylic acids is 1. The Bertz CT molecular complexity index is 1140. The van der Waals surface area contributed by atoms with Gasteiger partial charge in [0.15, 0.2) is 17.3 Å². The summed E-state index contributed by atoms with van der Waals surface area (Å²) in [5.41, 5.74) is 3.58. The number of pyridine rings is 1. The lowest BCUT2D eigenvalue weighted by atomic mass is 9.78. The molecule has 1 aromatic carbocycles. The van der Waals surface area contributed by atoms with E-state index in [1.54, 1.807) is 31.3 Å². The van der Waals surface area contributed by atoms with Gasteiger partial charge in [0.2, 0.25) is 5.95 Å². The van der Waals surface area contributed by atoms with Gasteiger partial charge >= 0.3 is 0 Å². The van der Waals surface area contributed by atoms with Gasteiger partial charge in [-0.3, -0.25) is 9.78 Å². The number of allylic oxidation sites excluding steroid dienone is 2. The highest BCUT2D eigenvalue weighted by Gasteiger charge is 2.39. The Balaban J connectivity index is 1.55. The molecule has 0 spiro atoms. The summed E-state index contributed by atoms with van der Waals surface area (Å²) in [7, 11) is 3.22. The van der Waals surface area contributed by atoms with Crippen LogP contribution in [0, 0.1) is 0 Å². The molecule has 0 saturated heterocycles. The predicted molar refractivity (Wildman–Crippen MR) is 110 cm³/mol. The van der Waals surface area contributed by atoms with Crippen molar-refractivity contribution in [2.24, 2.45) is 0 Å². The van der Waals surface area contributed by atoms with Crippen molar-refractivity contribution >= 4 is 11.7 Å². The molecule has 3 heterocycles. The van der Waals surface area contributed by atoms with E-state index >= 15 is 0 Å². The van der Waals surface area contributed by atoms with E-state index in [0.29, 0.717) is 30.3 Å². The SMILES string of the molecule is COc1ccc([C@@H]2CC(=O)C3=C(C2)Nc2ncnn2[C@@H]3c2cccnc2)cc1OC. The summed E-state index contributed by atoms with van der Waals surface area (Å²) in [5.74, 6) is 2.09. The van der Waals surface area contributed by atoms with E-state index in [9.17, 15) is 4.79 Å². The molecule has 152 valence electrons. The van der Waals surface area contributed by atoms with Crippen molar-refractivity contribution in [2.45, 2.75) is 24.8 Å². The topological polar surface area (TPSA) is 91.2 Å². The molecule has 3 aromatic rings. The van der Waals surface area contributed by atoms with Gasteiger partial charge in [-0.15, -0.1) is 0 Å². The van der Waals surface area contributed by atoms with Gasteiger partial charge < -0.3 is 14.8 Å². The van der Waals surface area contributed by atoms with E-state index in [-0.39, 0.29) is 17.7 Å². The van der Waals surface area contributed by atoms with E-state index in [4.69, 9.17) is 9.47 Å². The van der Waals surface area contributed by atoms with Crippen molar-refractivity contribution in [3.8, 4) is 11.5 Å². The second kappa shape index (κ2) is 7.29. The number of anilines is 1. The highest BCUT2D eigenvalue weighted by atomic mass is 16.5. The van der Waals surface area contributed by atoms with Gasteiger partial charge in [0, 0.05) is 30.1 Å². The molecule has 1 N–H and O–H groups in total. The van der Waals surface area contributed by atoms with Crippen molar-refractivity contribution in [3.63, 3.8) is 0 Å². The van der Waals surface area contributed by atoms with E-state index in [1.807, 2.05) is 30.3 Å². The molecular weight excluding hydrogens is 382 g/mol. The van der Waals surface area contributed by atoms with Crippen LogP contribution in [0.3, 0.4) is 0 Å². The lowest BCUT2D eigenvalue weighted by Crippen LogP contribution is -2.33. The lowest BCUT2D eigenvalue weighted by Gasteiger charge is -2.35. The first-order valence-electron chi connectivity index (χ1n) is 9.74. The molecule has 2 atom stereocenters. The summed E-state index contributed by atoms with van der Waals surface area (Å²) in [5, 5.41) is 7.69. The van der Waals surface area contributed by atoms with Gasteiger partial charge in [-0.2, -0.15) is 10.1 Å². The van der Waals surface area contributed by atoms with Crippen LogP contribution in [0.4, 0.5) is 5.95 Å². The Kier molecular flexibility index (Phi) is 4.46. The number of Topliss-reactive ketones (excluding diaryl/α,β-unsaturated/α-hetero) is 1. The smallest absolute Gasteiger partial charge is 0.226 e. The summed E-state index contributed by atoms with van der Waals surface area (Å²) in [6.07, 6.45) is 6.11. The quantitative estimate of drug-likeness (QED) is 0.716. The molecule has 8 nitrogen and oxygen atoms in total. The van der Waals surface area contributed by atoms with Crippen LogP contribution in [0.1, 0.15) is 35.9 Å². The van der Waals surface area contributed by atoms with E-state index in [1.165, 1.54) is 6.33 Å². The number of methoxy groups -OCH3 is 2. The highest BCUT2D eigenvalue weighted by molar-refractivity contribution is 6.00. The fraction of sp³-hybridized carbons (Fsp3) is 0.273. The van der Waals surface area contributed by atoms with Gasteiger partial charge in [-0.1, -0.05) is 12.1 Å². The van der Waals surface area contributed by atoms with Crippen LogP contribution in [0.25, 0.3) is 0 Å². The van der Waals surface area contributed by atoms with Crippen LogP contribution >= 0.6 is 0 Å². The maximum atomic E-state index is 13.4. The molecule has 5 rings (SSSR count). The first kappa shape index (κ1) is 18.4. The third-order valence-electron chi connectivity index (χ3n) is 5.74. The number of carbonyl (C=O) groups is 1. The van der Waals surface area contributed by atoms with Crippen LogP contribution in [0.2, 0.25) is 0 Å². The van der Waals surface area contributed by atoms with Crippen LogP contribution in [0.5, 0.6) is 11.5 Å². The maximum absolute atomic E-state index is 13.4. The average molecular weight is 403 g/mol. The molecule has 0 amide bonds. The molecule has 2 aromatic heterocycles. The molecule has 1 aliphatic carbocycles. The summed E-state index contributed by atoms with van der Waals surface area (Å²) in [4.78, 5) is 21.9. The second-order valence-corrected chi connectivity index (χ2v) is 7.38. The standard InChI is InChI=1S/C22H21N5O3/c1-29-18-6-5-13(10-19(18)30-2)15-8-16-20(17(28)9-15)21(14-4-3-7-23-11-14)27-22(26-16)24-12-25-27/h3-7,10-12,15,21H,8-9H2,1-2H3,(H,24,25,26)/t15-,21+/m0/s1. The highest BCUT2D eigenvalue weighted by Crippen LogP contribution is 2.44. The predicted octanol–water partition coefficient (Wildman–Crippen LogP) is 3.11. The largest absolute Gasteiger partial charge is 0.493 e. The number of hydrogen-bond donors (Lipinski definition) is 1. The Morgan fingerprint density at radius 2 is 1.97 bits per heavy atom. The van der Waals surface area contributed by atoms with Gasteiger partial charge in [0.1, 0.15) is 12.4 Å². The number of benzene rings is 1. The number of hydrogen-bond acceptors (Lipinski definition) is 7. The molecule has 0 fully saturated rings. The molecule has 2 aliphatic rings. The Labute approximate surface area is 173 Å². The lowest BCUT2D eigenvalue weighted by molar-refractivity contribution is -0.116. The fourth-order valence-corrected chi connectivity index (χ4v) is 4.34. The minimum absolute atomic E-state index is 0.0348. The van der Waals surface area contributed by atoms with Gasteiger partial charge in [0.05, 0.1) is 14.2 Å².